The first kappa shape index (κ1) is 14.3. The molecule has 1 aliphatic heterocycles. The summed E-state index contributed by atoms with van der Waals surface area (Å²) in [5, 5.41) is 2.94. The minimum Gasteiger partial charge on any atom is -0.444 e. The van der Waals surface area contributed by atoms with E-state index in [1.54, 1.807) is 0 Å². The van der Waals surface area contributed by atoms with E-state index in [-0.39, 0.29) is 17.7 Å². The summed E-state index contributed by atoms with van der Waals surface area (Å²) in [7, 11) is 0. The molecule has 2 atom stereocenters. The largest absolute Gasteiger partial charge is 0.444 e. The maximum Gasteiger partial charge on any atom is 0.407 e. The van der Waals surface area contributed by atoms with Crippen molar-refractivity contribution in [2.45, 2.75) is 65.2 Å². The number of hydrogen-bond donors (Lipinski definition) is 1. The lowest BCUT2D eigenvalue weighted by molar-refractivity contribution is -0.0865. The molecule has 17 heavy (non-hydrogen) atoms. The second-order valence-corrected chi connectivity index (χ2v) is 6.50. The second kappa shape index (κ2) is 4.84. The van der Waals surface area contributed by atoms with Crippen LogP contribution in [-0.4, -0.2) is 29.9 Å². The van der Waals surface area contributed by atoms with Gasteiger partial charge in [-0.25, -0.2) is 4.79 Å². The van der Waals surface area contributed by atoms with Crippen LogP contribution in [0.15, 0.2) is 0 Å². The molecular weight excluding hydrogens is 218 g/mol. The summed E-state index contributed by atoms with van der Waals surface area (Å²) in [6, 6.07) is 0.119. The van der Waals surface area contributed by atoms with Crippen LogP contribution < -0.4 is 5.32 Å². The van der Waals surface area contributed by atoms with E-state index in [1.165, 1.54) is 0 Å². The third-order valence-electron chi connectivity index (χ3n) is 2.84. The van der Waals surface area contributed by atoms with E-state index in [0.717, 1.165) is 6.42 Å². The van der Waals surface area contributed by atoms with Gasteiger partial charge in [-0.1, -0.05) is 6.92 Å². The summed E-state index contributed by atoms with van der Waals surface area (Å²) in [6.45, 7) is 12.4. The molecule has 1 amide bonds. The Morgan fingerprint density at radius 1 is 1.41 bits per heavy atom. The minimum absolute atomic E-state index is 0.119. The molecule has 0 aliphatic carbocycles. The van der Waals surface area contributed by atoms with Crippen LogP contribution in [0, 0.1) is 5.92 Å². The molecule has 0 aromatic carbocycles. The van der Waals surface area contributed by atoms with Crippen LogP contribution in [0.4, 0.5) is 4.79 Å². The van der Waals surface area contributed by atoms with Crippen LogP contribution in [0.2, 0.25) is 0 Å². The highest BCUT2D eigenvalue weighted by molar-refractivity contribution is 5.68. The Morgan fingerprint density at radius 2 is 2.00 bits per heavy atom. The lowest BCUT2D eigenvalue weighted by Crippen LogP contribution is -2.51. The molecule has 1 rings (SSSR count). The highest BCUT2D eigenvalue weighted by atomic mass is 16.6. The summed E-state index contributed by atoms with van der Waals surface area (Å²) < 4.78 is 11.0. The molecule has 0 bridgehead atoms. The number of hydrogen-bond acceptors (Lipinski definition) is 3. The number of alkyl carbamates (subject to hydrolysis) is 1. The Morgan fingerprint density at radius 3 is 2.53 bits per heavy atom. The van der Waals surface area contributed by atoms with Crippen molar-refractivity contribution in [3.05, 3.63) is 0 Å². The molecule has 0 aromatic rings. The minimum atomic E-state index is -0.450. The Bertz CT molecular complexity index is 281. The van der Waals surface area contributed by atoms with E-state index < -0.39 is 5.60 Å². The average molecular weight is 243 g/mol. The van der Waals surface area contributed by atoms with Gasteiger partial charge in [-0.3, -0.25) is 0 Å². The van der Waals surface area contributed by atoms with E-state index in [4.69, 9.17) is 9.47 Å². The molecule has 4 nitrogen and oxygen atoms in total. The number of nitrogens with one attached hydrogen (secondary N) is 1. The van der Waals surface area contributed by atoms with E-state index in [9.17, 15) is 4.79 Å². The number of rotatable bonds is 1. The molecule has 1 heterocycles. The SMILES string of the molecule is C[C@H]1COC(C)(C)C[C@H]1NC(=O)OC(C)(C)C. The maximum absolute atomic E-state index is 11.7. The highest BCUT2D eigenvalue weighted by Crippen LogP contribution is 2.27. The normalized spacial score (nSPS) is 28.6. The smallest absolute Gasteiger partial charge is 0.407 e. The molecule has 1 saturated heterocycles. The second-order valence-electron chi connectivity index (χ2n) is 6.50. The number of carbonyl (C=O) groups excluding carboxylic acids is 1. The van der Waals surface area contributed by atoms with Crippen LogP contribution in [0.3, 0.4) is 0 Å². The van der Waals surface area contributed by atoms with E-state index >= 15 is 0 Å². The maximum atomic E-state index is 11.7. The van der Waals surface area contributed by atoms with Crippen molar-refractivity contribution in [1.29, 1.82) is 0 Å². The Hall–Kier alpha value is -0.770. The lowest BCUT2D eigenvalue weighted by Gasteiger charge is -2.39. The first-order chi connectivity index (χ1) is 7.59. The highest BCUT2D eigenvalue weighted by Gasteiger charge is 2.35. The predicted molar refractivity (Wildman–Crippen MR) is 67.0 cm³/mol. The van der Waals surface area contributed by atoms with Crippen LogP contribution in [0.25, 0.3) is 0 Å². The monoisotopic (exact) mass is 243 g/mol. The molecule has 0 unspecified atom stereocenters. The van der Waals surface area contributed by atoms with Crippen LogP contribution in [-0.2, 0) is 9.47 Å². The molecule has 0 radical (unpaired) electrons. The average Bonchev–Trinajstić information content (AvgIpc) is 2.07. The molecule has 1 aliphatic rings. The van der Waals surface area contributed by atoms with Gasteiger partial charge in [0, 0.05) is 6.04 Å². The molecule has 0 aromatic heterocycles. The van der Waals surface area contributed by atoms with Crippen molar-refractivity contribution >= 4 is 6.09 Å². The van der Waals surface area contributed by atoms with Crippen molar-refractivity contribution in [3.8, 4) is 0 Å². The number of ether oxygens (including phenoxy) is 2. The molecule has 1 fully saturated rings. The summed E-state index contributed by atoms with van der Waals surface area (Å²) in [5.41, 5.74) is -0.625. The molecular formula is C13H25NO3. The first-order valence-electron chi connectivity index (χ1n) is 6.22. The van der Waals surface area contributed by atoms with E-state index in [0.29, 0.717) is 12.5 Å². The van der Waals surface area contributed by atoms with Crippen LogP contribution in [0.5, 0.6) is 0 Å². The van der Waals surface area contributed by atoms with E-state index in [2.05, 4.69) is 12.2 Å². The summed E-state index contributed by atoms with van der Waals surface area (Å²) >= 11 is 0. The third kappa shape index (κ3) is 4.94. The van der Waals surface area contributed by atoms with Gasteiger partial charge in [-0.2, -0.15) is 0 Å². The number of amides is 1. The lowest BCUT2D eigenvalue weighted by atomic mass is 9.88. The first-order valence-corrected chi connectivity index (χ1v) is 6.22. The number of carbonyl (C=O) groups is 1. The van der Waals surface area contributed by atoms with Gasteiger partial charge in [-0.05, 0) is 47.0 Å². The fourth-order valence-electron chi connectivity index (χ4n) is 1.92. The van der Waals surface area contributed by atoms with Gasteiger partial charge in [0.05, 0.1) is 12.2 Å². The van der Waals surface area contributed by atoms with Crippen molar-refractivity contribution < 1.29 is 14.3 Å². The van der Waals surface area contributed by atoms with Gasteiger partial charge in [0.25, 0.3) is 0 Å². The quantitative estimate of drug-likeness (QED) is 0.770. The fraction of sp³-hybridized carbons (Fsp3) is 0.923. The van der Waals surface area contributed by atoms with Gasteiger partial charge < -0.3 is 14.8 Å². The fourth-order valence-corrected chi connectivity index (χ4v) is 1.92. The Kier molecular flexibility index (Phi) is 4.07. The molecule has 1 N–H and O–H groups in total. The molecule has 4 heteroatoms. The van der Waals surface area contributed by atoms with Crippen molar-refractivity contribution in [2.24, 2.45) is 5.92 Å². The van der Waals surface area contributed by atoms with Gasteiger partial charge in [-0.15, -0.1) is 0 Å². The predicted octanol–water partition coefficient (Wildman–Crippen LogP) is 2.71. The van der Waals surface area contributed by atoms with Gasteiger partial charge in [0.2, 0.25) is 0 Å². The zero-order valence-corrected chi connectivity index (χ0v) is 11.8. The van der Waals surface area contributed by atoms with Gasteiger partial charge in [0.15, 0.2) is 0 Å². The topological polar surface area (TPSA) is 47.6 Å². The zero-order valence-electron chi connectivity index (χ0n) is 11.8. The Balaban J connectivity index is 2.52. The zero-order chi connectivity index (χ0) is 13.3. The third-order valence-corrected chi connectivity index (χ3v) is 2.84. The summed E-state index contributed by atoms with van der Waals surface area (Å²) in [6.07, 6.45) is 0.472. The van der Waals surface area contributed by atoms with Gasteiger partial charge >= 0.3 is 6.09 Å². The summed E-state index contributed by atoms with van der Waals surface area (Å²) in [5.74, 6) is 0.315. The van der Waals surface area contributed by atoms with Crippen LogP contribution >= 0.6 is 0 Å². The molecule has 0 saturated carbocycles. The molecule has 100 valence electrons. The standard InChI is InChI=1S/C13H25NO3/c1-9-8-16-13(5,6)7-10(9)14-11(15)17-12(2,3)4/h9-10H,7-8H2,1-6H3,(H,14,15)/t9-,10+/m0/s1. The van der Waals surface area contributed by atoms with Crippen molar-refractivity contribution in [3.63, 3.8) is 0 Å². The van der Waals surface area contributed by atoms with E-state index in [1.807, 2.05) is 34.6 Å². The van der Waals surface area contributed by atoms with Crippen molar-refractivity contribution in [2.75, 3.05) is 6.61 Å². The molecule has 0 spiro atoms. The Labute approximate surface area is 104 Å². The summed E-state index contributed by atoms with van der Waals surface area (Å²) in [4.78, 5) is 11.7. The van der Waals surface area contributed by atoms with Crippen molar-refractivity contribution in [1.82, 2.24) is 5.32 Å². The van der Waals surface area contributed by atoms with Crippen LogP contribution in [0.1, 0.15) is 48.0 Å². The van der Waals surface area contributed by atoms with Gasteiger partial charge in [0.1, 0.15) is 5.60 Å².